The Morgan fingerprint density at radius 2 is 1.14 bits per heavy atom. The Kier molecular flexibility index (Phi) is 24.5. The van der Waals surface area contributed by atoms with Crippen molar-refractivity contribution in [1.82, 2.24) is 15.1 Å². The summed E-state index contributed by atoms with van der Waals surface area (Å²) in [5.41, 5.74) is 0.824. The minimum Gasteiger partial charge on any atom is -0.858 e. The summed E-state index contributed by atoms with van der Waals surface area (Å²) in [5.74, 6) is -3.65. The molecule has 12 nitrogen and oxygen atoms in total. The number of hydrogen-bond donors (Lipinski definition) is 2. The minimum absolute atomic E-state index is 0. The van der Waals surface area contributed by atoms with Crippen LogP contribution < -0.4 is 15.5 Å². The first-order chi connectivity index (χ1) is 23.0. The molecule has 0 radical (unpaired) electrons. The monoisotopic (exact) mass is 706 g/mol. The summed E-state index contributed by atoms with van der Waals surface area (Å²) in [6.45, 7) is 10.2. The second-order valence-electron chi connectivity index (χ2n) is 11.2. The predicted molar refractivity (Wildman–Crippen MR) is 186 cm³/mol. The molecule has 0 aliphatic rings. The van der Waals surface area contributed by atoms with Gasteiger partial charge in [-0.15, -0.1) is 0 Å². The van der Waals surface area contributed by atoms with Gasteiger partial charge in [0.25, 0.3) is 5.91 Å². The zero-order valence-corrected chi connectivity index (χ0v) is 31.5. The van der Waals surface area contributed by atoms with Gasteiger partial charge in [0.15, 0.2) is 0 Å². The average molecular weight is 707 g/mol. The van der Waals surface area contributed by atoms with E-state index < -0.39 is 29.9 Å². The van der Waals surface area contributed by atoms with Gasteiger partial charge in [-0.25, -0.2) is 0 Å². The zero-order chi connectivity index (χ0) is 35.9. The van der Waals surface area contributed by atoms with Gasteiger partial charge in [0, 0.05) is 44.1 Å². The van der Waals surface area contributed by atoms with Gasteiger partial charge < -0.3 is 35.2 Å². The summed E-state index contributed by atoms with van der Waals surface area (Å²) in [6, 6.07) is 15.2. The van der Waals surface area contributed by atoms with Crippen LogP contribution in [-0.2, 0) is 19.2 Å². The number of amides is 3. The van der Waals surface area contributed by atoms with Crippen LogP contribution in [0.3, 0.4) is 0 Å². The fourth-order valence-corrected chi connectivity index (χ4v) is 4.83. The molecule has 3 amide bonds. The van der Waals surface area contributed by atoms with E-state index in [0.717, 1.165) is 25.7 Å². The normalized spacial score (nSPS) is 11.9. The molecule has 13 heteroatoms. The number of carboxylic acid groups (broad SMARTS) is 2. The maximum absolute atomic E-state index is 12.7. The topological polar surface area (TPSA) is 183 Å². The number of carbonyl (C=O) groups excluding carboxylic acids is 4. The van der Waals surface area contributed by atoms with E-state index in [1.165, 1.54) is 0 Å². The number of nitrogens with one attached hydrogen (secondary N) is 1. The molecule has 2 atom stereocenters. The van der Waals surface area contributed by atoms with Crippen LogP contribution in [0.4, 0.5) is 0 Å². The summed E-state index contributed by atoms with van der Waals surface area (Å²) < 4.78 is 0. The molecule has 49 heavy (non-hydrogen) atoms. The molecule has 0 fully saturated rings. The quantitative estimate of drug-likeness (QED) is 0.119. The smallest absolute Gasteiger partial charge is 0.858 e. The summed E-state index contributed by atoms with van der Waals surface area (Å²) in [7, 11) is 0. The Morgan fingerprint density at radius 1 is 0.694 bits per heavy atom. The summed E-state index contributed by atoms with van der Waals surface area (Å²) in [5, 5.41) is 34.6. The molecule has 0 spiro atoms. The molecule has 2 rings (SSSR count). The van der Waals surface area contributed by atoms with Crippen LogP contribution in [0.25, 0.3) is 0 Å². The van der Waals surface area contributed by atoms with E-state index in [2.05, 4.69) is 10.3 Å². The van der Waals surface area contributed by atoms with Crippen LogP contribution in [0.15, 0.2) is 65.7 Å². The number of hydrogen-bond acceptors (Lipinski definition) is 8. The molecule has 0 aliphatic carbocycles. The van der Waals surface area contributed by atoms with Crippen LogP contribution >= 0.6 is 0 Å². The van der Waals surface area contributed by atoms with Gasteiger partial charge in [-0.3, -0.25) is 24.2 Å². The van der Waals surface area contributed by atoms with E-state index in [-0.39, 0.29) is 81.1 Å². The molecule has 0 aromatic heterocycles. The molecule has 2 aromatic carbocycles. The number of carbonyl (C=O) groups is 5. The average Bonchev–Trinajstić information content (AvgIpc) is 3.08. The first kappa shape index (κ1) is 45.5. The standard InChI is InChI=1S/2C18H26N2O4.Ca/c2*1-3-12-20(13-4-2)18(24)15(10-11-16(21)22)19-17(23)14-8-6-5-7-9-14;/h2*5-9,15H,3-4,10-13H2,1-2H3,(H,19,23)(H,21,22);/q;;+2/p-2/t2*15-;/m11./s1. The fraction of sp³-hybridized carbons (Fsp3) is 0.500. The summed E-state index contributed by atoms with van der Waals surface area (Å²) in [4.78, 5) is 66.6. The second-order valence-corrected chi connectivity index (χ2v) is 11.2. The van der Waals surface area contributed by atoms with E-state index >= 15 is 0 Å². The Labute approximate surface area is 320 Å². The molecule has 264 valence electrons. The molecular formula is C36H50CaN4O8. The van der Waals surface area contributed by atoms with Crippen molar-refractivity contribution in [2.45, 2.75) is 91.1 Å². The molecule has 2 aromatic rings. The van der Waals surface area contributed by atoms with Crippen molar-refractivity contribution in [1.29, 1.82) is 0 Å². The third kappa shape index (κ3) is 18.2. The van der Waals surface area contributed by atoms with E-state index in [1.54, 1.807) is 70.5 Å². The van der Waals surface area contributed by atoms with Gasteiger partial charge in [0.2, 0.25) is 11.8 Å². The van der Waals surface area contributed by atoms with Crippen LogP contribution in [-0.4, -0.2) is 126 Å². The third-order valence-electron chi connectivity index (χ3n) is 7.08. The van der Waals surface area contributed by atoms with Crippen molar-refractivity contribution in [3.63, 3.8) is 0 Å². The van der Waals surface area contributed by atoms with Crippen LogP contribution in [0.5, 0.6) is 0 Å². The van der Waals surface area contributed by atoms with Gasteiger partial charge in [0.1, 0.15) is 12.1 Å². The van der Waals surface area contributed by atoms with Crippen molar-refractivity contribution in [2.75, 3.05) is 26.2 Å². The van der Waals surface area contributed by atoms with Crippen molar-refractivity contribution in [3.8, 4) is 0 Å². The summed E-state index contributed by atoms with van der Waals surface area (Å²) in [6.07, 6.45) is 2.75. The largest absolute Gasteiger partial charge is 2.00 e. The molecule has 0 saturated heterocycles. The Balaban J connectivity index is 0.000000922. The van der Waals surface area contributed by atoms with E-state index in [0.29, 0.717) is 37.3 Å². The molecule has 0 unspecified atom stereocenters. The maximum Gasteiger partial charge on any atom is 2.00 e. The minimum atomic E-state index is -1.26. The van der Waals surface area contributed by atoms with Crippen LogP contribution in [0.2, 0.25) is 0 Å². The fourth-order valence-electron chi connectivity index (χ4n) is 4.83. The third-order valence-corrected chi connectivity index (χ3v) is 7.08. The number of aliphatic imine (C=N–C) groups is 1. The van der Waals surface area contributed by atoms with Crippen molar-refractivity contribution >= 4 is 73.3 Å². The SMILES string of the molecule is CCCN(CCC)C(=O)[C@@H](CCC(=O)O)NC(=O)c1ccccc1.CCCN(CCC)C(=O)[C@@H](CCC(=O)[O-])N=C([O-])c1ccccc1.[Ca+2]. The van der Waals surface area contributed by atoms with E-state index in [4.69, 9.17) is 5.11 Å². The number of benzene rings is 2. The van der Waals surface area contributed by atoms with Gasteiger partial charge in [-0.1, -0.05) is 76.2 Å². The number of nitrogens with zero attached hydrogens (tertiary/aromatic N) is 3. The Bertz CT molecular complexity index is 1300. The van der Waals surface area contributed by atoms with Crippen LogP contribution in [0, 0.1) is 0 Å². The number of aliphatic carboxylic acids is 2. The molecule has 0 saturated carbocycles. The second kappa shape index (κ2) is 26.4. The Morgan fingerprint density at radius 3 is 1.57 bits per heavy atom. The summed E-state index contributed by atoms with van der Waals surface area (Å²) >= 11 is 0. The van der Waals surface area contributed by atoms with Crippen molar-refractivity contribution < 1.29 is 39.3 Å². The van der Waals surface area contributed by atoms with Gasteiger partial charge in [-0.05, 0) is 68.5 Å². The molecule has 0 heterocycles. The van der Waals surface area contributed by atoms with E-state index in [9.17, 15) is 34.2 Å². The molecular weight excluding hydrogens is 656 g/mol. The molecule has 0 aliphatic heterocycles. The van der Waals surface area contributed by atoms with Crippen molar-refractivity contribution in [2.24, 2.45) is 4.99 Å². The van der Waals surface area contributed by atoms with Crippen molar-refractivity contribution in [3.05, 3.63) is 71.8 Å². The van der Waals surface area contributed by atoms with E-state index in [1.807, 2.05) is 27.7 Å². The molecule has 0 bridgehead atoms. The molecule has 2 N–H and O–H groups in total. The van der Waals surface area contributed by atoms with Crippen LogP contribution in [0.1, 0.15) is 95.0 Å². The zero-order valence-electron chi connectivity index (χ0n) is 29.3. The number of rotatable bonds is 20. The van der Waals surface area contributed by atoms with Gasteiger partial charge in [-0.2, -0.15) is 0 Å². The van der Waals surface area contributed by atoms with Gasteiger partial charge in [0.05, 0.1) is 0 Å². The number of carboxylic acids is 2. The Hall–Kier alpha value is -3.48. The maximum atomic E-state index is 12.7. The predicted octanol–water partition coefficient (Wildman–Crippen LogP) is 2.26. The first-order valence-electron chi connectivity index (χ1n) is 16.6. The van der Waals surface area contributed by atoms with Gasteiger partial charge >= 0.3 is 43.7 Å². The first-order valence-corrected chi connectivity index (χ1v) is 16.6.